The van der Waals surface area contributed by atoms with Crippen LogP contribution in [0.1, 0.15) is 16.1 Å². The summed E-state index contributed by atoms with van der Waals surface area (Å²) in [5, 5.41) is 14.4. The predicted octanol–water partition coefficient (Wildman–Crippen LogP) is 2.42. The number of hydrogen-bond acceptors (Lipinski definition) is 5. The molecule has 0 bridgehead atoms. The van der Waals surface area contributed by atoms with Crippen molar-refractivity contribution in [1.82, 2.24) is 10.4 Å². The number of hydrogen-bond donors (Lipinski definition) is 1. The average Bonchev–Trinajstić information content (AvgIpc) is 2.55. The number of carbonyl (C=O) groups is 1. The summed E-state index contributed by atoms with van der Waals surface area (Å²) in [4.78, 5) is 25.7. The van der Waals surface area contributed by atoms with E-state index in [0.717, 1.165) is 0 Å². The zero-order chi connectivity index (χ0) is 15.8. The topological polar surface area (TPSA) is 97.5 Å². The van der Waals surface area contributed by atoms with Gasteiger partial charge in [-0.1, -0.05) is 24.3 Å². The second-order valence-electron chi connectivity index (χ2n) is 4.15. The number of nitrogens with zero attached hydrogens (tertiary/aromatic N) is 3. The minimum Gasteiger partial charge on any atom is -0.266 e. The van der Waals surface area contributed by atoms with E-state index in [4.69, 9.17) is 0 Å². The second-order valence-corrected chi connectivity index (χ2v) is 4.15. The maximum absolute atomic E-state index is 11.6. The summed E-state index contributed by atoms with van der Waals surface area (Å²) in [5.74, 6) is -0.416. The molecule has 1 aromatic carbocycles. The SMILES string of the molecule is O=C(NN=C/C=C\c1cccc([N+](=O)[O-])c1)c1ccccn1. The molecule has 0 saturated heterocycles. The highest BCUT2D eigenvalue weighted by Gasteiger charge is 2.04. The van der Waals surface area contributed by atoms with Gasteiger partial charge in [0.05, 0.1) is 4.92 Å². The van der Waals surface area contributed by atoms with Gasteiger partial charge in [0.25, 0.3) is 11.6 Å². The summed E-state index contributed by atoms with van der Waals surface area (Å²) in [7, 11) is 0. The van der Waals surface area contributed by atoms with Crippen molar-refractivity contribution >= 4 is 23.9 Å². The van der Waals surface area contributed by atoms with Gasteiger partial charge >= 0.3 is 0 Å². The van der Waals surface area contributed by atoms with E-state index in [1.165, 1.54) is 24.5 Å². The monoisotopic (exact) mass is 296 g/mol. The van der Waals surface area contributed by atoms with Crippen molar-refractivity contribution in [3.8, 4) is 0 Å². The summed E-state index contributed by atoms with van der Waals surface area (Å²) in [6, 6.07) is 11.2. The lowest BCUT2D eigenvalue weighted by Crippen LogP contribution is -2.18. The molecule has 22 heavy (non-hydrogen) atoms. The van der Waals surface area contributed by atoms with Crippen molar-refractivity contribution in [3.63, 3.8) is 0 Å². The van der Waals surface area contributed by atoms with Gasteiger partial charge in [0.15, 0.2) is 0 Å². The van der Waals surface area contributed by atoms with Crippen LogP contribution in [0.5, 0.6) is 0 Å². The van der Waals surface area contributed by atoms with E-state index in [0.29, 0.717) is 5.56 Å². The molecular weight excluding hydrogens is 284 g/mol. The van der Waals surface area contributed by atoms with Crippen LogP contribution in [0.3, 0.4) is 0 Å². The average molecular weight is 296 g/mol. The Kier molecular flexibility index (Phi) is 5.09. The van der Waals surface area contributed by atoms with Gasteiger partial charge in [-0.3, -0.25) is 19.9 Å². The molecule has 0 unspecified atom stereocenters. The van der Waals surface area contributed by atoms with Gasteiger partial charge in [0.2, 0.25) is 0 Å². The minimum absolute atomic E-state index is 0.0162. The molecule has 0 spiro atoms. The van der Waals surface area contributed by atoms with E-state index in [1.54, 1.807) is 42.5 Å². The van der Waals surface area contributed by atoms with E-state index in [-0.39, 0.29) is 11.4 Å². The molecule has 0 saturated carbocycles. The number of rotatable bonds is 5. The number of benzene rings is 1. The third-order valence-electron chi connectivity index (χ3n) is 2.59. The first-order valence-electron chi connectivity index (χ1n) is 6.32. The first-order valence-corrected chi connectivity index (χ1v) is 6.32. The fraction of sp³-hybridized carbons (Fsp3) is 0. The summed E-state index contributed by atoms with van der Waals surface area (Å²) in [6.45, 7) is 0. The van der Waals surface area contributed by atoms with Gasteiger partial charge in [-0.05, 0) is 23.8 Å². The molecule has 0 aliphatic heterocycles. The summed E-state index contributed by atoms with van der Waals surface area (Å²) in [6.07, 6.45) is 6.10. The highest BCUT2D eigenvalue weighted by molar-refractivity contribution is 5.92. The first kappa shape index (κ1) is 15.0. The van der Waals surface area contributed by atoms with E-state index in [9.17, 15) is 14.9 Å². The molecule has 2 rings (SSSR count). The number of pyridine rings is 1. The van der Waals surface area contributed by atoms with Crippen LogP contribution in [0.4, 0.5) is 5.69 Å². The molecule has 7 heteroatoms. The van der Waals surface area contributed by atoms with Crippen molar-refractivity contribution in [2.24, 2.45) is 5.10 Å². The van der Waals surface area contributed by atoms with Gasteiger partial charge in [-0.2, -0.15) is 5.10 Å². The number of nitro groups is 1. The predicted molar refractivity (Wildman–Crippen MR) is 82.3 cm³/mol. The Hall–Kier alpha value is -3.35. The molecule has 7 nitrogen and oxygen atoms in total. The van der Waals surface area contributed by atoms with Gasteiger partial charge in [0.1, 0.15) is 5.69 Å². The Morgan fingerprint density at radius 3 is 2.86 bits per heavy atom. The van der Waals surface area contributed by atoms with E-state index in [2.05, 4.69) is 15.5 Å². The smallest absolute Gasteiger partial charge is 0.266 e. The fourth-order valence-corrected chi connectivity index (χ4v) is 1.59. The number of hydrazone groups is 1. The third kappa shape index (κ3) is 4.34. The number of amides is 1. The van der Waals surface area contributed by atoms with Gasteiger partial charge in [-0.25, -0.2) is 5.43 Å². The van der Waals surface area contributed by atoms with Crippen molar-refractivity contribution in [3.05, 3.63) is 76.1 Å². The van der Waals surface area contributed by atoms with Crippen molar-refractivity contribution < 1.29 is 9.72 Å². The molecule has 0 fully saturated rings. The molecule has 110 valence electrons. The van der Waals surface area contributed by atoms with Crippen LogP contribution in [0.15, 0.2) is 59.8 Å². The standard InChI is InChI=1S/C15H12N4O3/c20-15(14-8-1-2-9-16-14)18-17-10-4-6-12-5-3-7-13(11-12)19(21)22/h1-11H,(H,18,20)/b6-4-,17-10?. The highest BCUT2D eigenvalue weighted by atomic mass is 16.6. The number of carbonyl (C=O) groups excluding carboxylic acids is 1. The van der Waals surface area contributed by atoms with Crippen molar-refractivity contribution in [2.45, 2.75) is 0 Å². The summed E-state index contributed by atoms with van der Waals surface area (Å²) in [5.41, 5.74) is 3.27. The third-order valence-corrected chi connectivity index (χ3v) is 2.59. The summed E-state index contributed by atoms with van der Waals surface area (Å²) < 4.78 is 0. The normalized spacial score (nSPS) is 10.9. The van der Waals surface area contributed by atoms with E-state index < -0.39 is 10.8 Å². The van der Waals surface area contributed by atoms with Crippen LogP contribution in [-0.4, -0.2) is 22.0 Å². The maximum atomic E-state index is 11.6. The minimum atomic E-state index is -0.460. The molecule has 1 heterocycles. The van der Waals surface area contributed by atoms with Crippen molar-refractivity contribution in [2.75, 3.05) is 0 Å². The van der Waals surface area contributed by atoms with Crippen LogP contribution in [0.2, 0.25) is 0 Å². The van der Waals surface area contributed by atoms with Crippen LogP contribution in [0.25, 0.3) is 6.08 Å². The Balaban J connectivity index is 1.91. The molecule has 0 atom stereocenters. The number of nitro benzene ring substituents is 1. The number of non-ortho nitro benzene ring substituents is 1. The Morgan fingerprint density at radius 1 is 1.27 bits per heavy atom. The van der Waals surface area contributed by atoms with E-state index in [1.807, 2.05) is 0 Å². The zero-order valence-electron chi connectivity index (χ0n) is 11.4. The lowest BCUT2D eigenvalue weighted by atomic mass is 10.2. The zero-order valence-corrected chi connectivity index (χ0v) is 11.4. The van der Waals surface area contributed by atoms with Crippen LogP contribution >= 0.6 is 0 Å². The van der Waals surface area contributed by atoms with Gasteiger partial charge in [0, 0.05) is 24.5 Å². The largest absolute Gasteiger partial charge is 0.289 e. The van der Waals surface area contributed by atoms with Crippen molar-refractivity contribution in [1.29, 1.82) is 0 Å². The Labute approximate surface area is 126 Å². The molecule has 1 amide bonds. The maximum Gasteiger partial charge on any atom is 0.289 e. The Morgan fingerprint density at radius 2 is 2.14 bits per heavy atom. The summed E-state index contributed by atoms with van der Waals surface area (Å²) >= 11 is 0. The molecule has 0 aliphatic carbocycles. The molecule has 1 aromatic heterocycles. The van der Waals surface area contributed by atoms with Gasteiger partial charge < -0.3 is 0 Å². The Bertz CT molecular complexity index is 727. The lowest BCUT2D eigenvalue weighted by molar-refractivity contribution is -0.384. The molecule has 2 aromatic rings. The van der Waals surface area contributed by atoms with Gasteiger partial charge in [-0.15, -0.1) is 0 Å². The quantitative estimate of drug-likeness (QED) is 0.520. The van der Waals surface area contributed by atoms with E-state index >= 15 is 0 Å². The molecular formula is C15H12N4O3. The number of nitrogens with one attached hydrogen (secondary N) is 1. The molecule has 0 aliphatic rings. The number of allylic oxidation sites excluding steroid dienone is 1. The van der Waals surface area contributed by atoms with Crippen LogP contribution in [0, 0.1) is 10.1 Å². The lowest BCUT2D eigenvalue weighted by Gasteiger charge is -1.96. The second kappa shape index (κ2) is 7.44. The highest BCUT2D eigenvalue weighted by Crippen LogP contribution is 2.13. The molecule has 0 radical (unpaired) electrons. The number of aromatic nitrogens is 1. The fourth-order valence-electron chi connectivity index (χ4n) is 1.59. The molecule has 1 N–H and O–H groups in total. The van der Waals surface area contributed by atoms with Crippen LogP contribution in [-0.2, 0) is 0 Å². The first-order chi connectivity index (χ1) is 10.7. The van der Waals surface area contributed by atoms with Crippen LogP contribution < -0.4 is 5.43 Å².